The van der Waals surface area contributed by atoms with Crippen LogP contribution in [-0.2, 0) is 4.74 Å². The van der Waals surface area contributed by atoms with Crippen LogP contribution in [0.3, 0.4) is 0 Å². The van der Waals surface area contributed by atoms with E-state index in [9.17, 15) is 4.79 Å². The molecule has 17 heavy (non-hydrogen) atoms. The molecule has 1 aliphatic carbocycles. The zero-order valence-corrected chi connectivity index (χ0v) is 11.2. The van der Waals surface area contributed by atoms with Crippen molar-refractivity contribution < 1.29 is 9.53 Å². The lowest BCUT2D eigenvalue weighted by molar-refractivity contribution is 0.0240. The molecule has 1 saturated carbocycles. The number of carbonyl (C=O) groups excluding carboxylic acids is 1. The third-order valence-corrected chi connectivity index (χ3v) is 3.55. The molecule has 2 rings (SSSR count). The first-order valence-corrected chi connectivity index (χ1v) is 6.67. The average Bonchev–Trinajstić information content (AvgIpc) is 2.53. The van der Waals surface area contributed by atoms with E-state index in [0.29, 0.717) is 12.0 Å². The Hall–Kier alpha value is -0.770. The lowest BCUT2D eigenvalue weighted by Crippen LogP contribution is -2.40. The zero-order chi connectivity index (χ0) is 12.5. The van der Waals surface area contributed by atoms with Gasteiger partial charge in [-0.2, -0.15) is 0 Å². The fourth-order valence-corrected chi connectivity index (χ4v) is 2.78. The third kappa shape index (κ3) is 3.35. The van der Waals surface area contributed by atoms with Crippen LogP contribution in [-0.4, -0.2) is 42.3 Å². The second-order valence-electron chi connectivity index (χ2n) is 6.18. The highest BCUT2D eigenvalue weighted by atomic mass is 16.6. The van der Waals surface area contributed by atoms with E-state index in [2.05, 4.69) is 5.32 Å². The number of rotatable bonds is 0. The first-order valence-electron chi connectivity index (χ1n) is 6.67. The van der Waals surface area contributed by atoms with Crippen molar-refractivity contribution in [3.8, 4) is 0 Å². The zero-order valence-electron chi connectivity index (χ0n) is 11.2. The maximum Gasteiger partial charge on any atom is 0.410 e. The number of fused-ring (bicyclic) bond motifs is 1. The van der Waals surface area contributed by atoms with E-state index in [-0.39, 0.29) is 6.09 Å². The van der Waals surface area contributed by atoms with Gasteiger partial charge in [-0.1, -0.05) is 6.42 Å². The first-order chi connectivity index (χ1) is 7.96. The Morgan fingerprint density at radius 2 is 2.12 bits per heavy atom. The Morgan fingerprint density at radius 3 is 2.82 bits per heavy atom. The van der Waals surface area contributed by atoms with Gasteiger partial charge in [-0.25, -0.2) is 4.79 Å². The minimum Gasteiger partial charge on any atom is -0.444 e. The predicted molar refractivity (Wildman–Crippen MR) is 66.9 cm³/mol. The molecule has 1 N–H and O–H groups in total. The summed E-state index contributed by atoms with van der Waals surface area (Å²) in [7, 11) is 0. The molecule has 1 aliphatic heterocycles. The molecule has 4 nitrogen and oxygen atoms in total. The maximum absolute atomic E-state index is 12.0. The fraction of sp³-hybridized carbons (Fsp3) is 0.923. The van der Waals surface area contributed by atoms with Crippen molar-refractivity contribution in [2.24, 2.45) is 5.92 Å². The SMILES string of the molecule is CC(C)(C)OC(=O)N1CCNC2CCCC2C1. The fourth-order valence-electron chi connectivity index (χ4n) is 2.78. The number of nitrogens with zero attached hydrogens (tertiary/aromatic N) is 1. The van der Waals surface area contributed by atoms with Crippen LogP contribution in [0.2, 0.25) is 0 Å². The highest BCUT2D eigenvalue weighted by Crippen LogP contribution is 2.28. The van der Waals surface area contributed by atoms with Crippen LogP contribution >= 0.6 is 0 Å². The van der Waals surface area contributed by atoms with Crippen molar-refractivity contribution in [1.29, 1.82) is 0 Å². The van der Waals surface area contributed by atoms with E-state index in [1.165, 1.54) is 19.3 Å². The van der Waals surface area contributed by atoms with Crippen LogP contribution < -0.4 is 5.32 Å². The maximum atomic E-state index is 12.0. The molecule has 98 valence electrons. The van der Waals surface area contributed by atoms with Gasteiger partial charge in [-0.3, -0.25) is 0 Å². The van der Waals surface area contributed by atoms with Crippen molar-refractivity contribution in [2.75, 3.05) is 19.6 Å². The van der Waals surface area contributed by atoms with Gasteiger partial charge < -0.3 is 15.0 Å². The normalized spacial score (nSPS) is 29.7. The van der Waals surface area contributed by atoms with Crippen LogP contribution in [0.1, 0.15) is 40.0 Å². The third-order valence-electron chi connectivity index (χ3n) is 3.55. The van der Waals surface area contributed by atoms with E-state index in [1.807, 2.05) is 25.7 Å². The van der Waals surface area contributed by atoms with Crippen molar-refractivity contribution >= 4 is 6.09 Å². The summed E-state index contributed by atoms with van der Waals surface area (Å²) >= 11 is 0. The standard InChI is InChI=1S/C13H24N2O2/c1-13(2,3)17-12(16)15-8-7-14-11-6-4-5-10(11)9-15/h10-11,14H,4-9H2,1-3H3. The Labute approximate surface area is 104 Å². The van der Waals surface area contributed by atoms with Gasteiger partial charge in [0.2, 0.25) is 0 Å². The molecule has 0 aromatic rings. The Kier molecular flexibility index (Phi) is 3.61. The topological polar surface area (TPSA) is 41.6 Å². The van der Waals surface area contributed by atoms with Gasteiger partial charge in [0.25, 0.3) is 0 Å². The Morgan fingerprint density at radius 1 is 1.35 bits per heavy atom. The lowest BCUT2D eigenvalue weighted by atomic mass is 10.0. The number of ether oxygens (including phenoxy) is 1. The van der Waals surface area contributed by atoms with Crippen LogP contribution in [0.4, 0.5) is 4.79 Å². The summed E-state index contributed by atoms with van der Waals surface area (Å²) in [5.41, 5.74) is -0.397. The number of amides is 1. The first kappa shape index (κ1) is 12.7. The molecule has 0 bridgehead atoms. The van der Waals surface area contributed by atoms with Crippen molar-refractivity contribution in [3.63, 3.8) is 0 Å². The van der Waals surface area contributed by atoms with Gasteiger partial charge >= 0.3 is 6.09 Å². The lowest BCUT2D eigenvalue weighted by Gasteiger charge is -2.27. The van der Waals surface area contributed by atoms with Gasteiger partial charge in [0, 0.05) is 25.7 Å². The van der Waals surface area contributed by atoms with Gasteiger partial charge in [0.1, 0.15) is 5.60 Å². The molecule has 1 saturated heterocycles. The largest absolute Gasteiger partial charge is 0.444 e. The summed E-state index contributed by atoms with van der Waals surface area (Å²) in [6.07, 6.45) is 3.61. The second kappa shape index (κ2) is 4.84. The van der Waals surface area contributed by atoms with Crippen LogP contribution in [0, 0.1) is 5.92 Å². The van der Waals surface area contributed by atoms with Gasteiger partial charge in [-0.15, -0.1) is 0 Å². The van der Waals surface area contributed by atoms with E-state index < -0.39 is 5.60 Å². The van der Waals surface area contributed by atoms with Crippen molar-refractivity contribution in [1.82, 2.24) is 10.2 Å². The molecular weight excluding hydrogens is 216 g/mol. The molecular formula is C13H24N2O2. The van der Waals surface area contributed by atoms with Crippen LogP contribution in [0.15, 0.2) is 0 Å². The minimum atomic E-state index is -0.397. The van der Waals surface area contributed by atoms with Crippen molar-refractivity contribution in [2.45, 2.75) is 51.7 Å². The Balaban J connectivity index is 1.94. The van der Waals surface area contributed by atoms with Gasteiger partial charge in [0.15, 0.2) is 0 Å². The van der Waals surface area contributed by atoms with Gasteiger partial charge in [0.05, 0.1) is 0 Å². The minimum absolute atomic E-state index is 0.160. The highest BCUT2D eigenvalue weighted by molar-refractivity contribution is 5.68. The van der Waals surface area contributed by atoms with Crippen LogP contribution in [0.25, 0.3) is 0 Å². The number of hydrogen-bond donors (Lipinski definition) is 1. The molecule has 0 spiro atoms. The van der Waals surface area contributed by atoms with E-state index in [4.69, 9.17) is 4.74 Å². The van der Waals surface area contributed by atoms with Crippen molar-refractivity contribution in [3.05, 3.63) is 0 Å². The van der Waals surface area contributed by atoms with Crippen LogP contribution in [0.5, 0.6) is 0 Å². The summed E-state index contributed by atoms with van der Waals surface area (Å²) < 4.78 is 5.44. The molecule has 1 heterocycles. The summed E-state index contributed by atoms with van der Waals surface area (Å²) in [5.74, 6) is 0.616. The summed E-state index contributed by atoms with van der Waals surface area (Å²) in [6, 6.07) is 0.613. The second-order valence-corrected chi connectivity index (χ2v) is 6.18. The van der Waals surface area contributed by atoms with E-state index >= 15 is 0 Å². The molecule has 0 radical (unpaired) electrons. The average molecular weight is 240 g/mol. The number of carbonyl (C=O) groups is 1. The predicted octanol–water partition coefficient (Wildman–Crippen LogP) is 2.00. The molecule has 2 unspecified atom stereocenters. The number of nitrogens with one attached hydrogen (secondary N) is 1. The van der Waals surface area contributed by atoms with Gasteiger partial charge in [-0.05, 0) is 39.5 Å². The highest BCUT2D eigenvalue weighted by Gasteiger charge is 2.33. The molecule has 2 aliphatic rings. The molecule has 2 fully saturated rings. The monoisotopic (exact) mass is 240 g/mol. The molecule has 4 heteroatoms. The summed E-state index contributed by atoms with van der Waals surface area (Å²) in [4.78, 5) is 13.9. The summed E-state index contributed by atoms with van der Waals surface area (Å²) in [6.45, 7) is 8.26. The van der Waals surface area contributed by atoms with E-state index in [1.54, 1.807) is 0 Å². The molecule has 1 amide bonds. The molecule has 2 atom stereocenters. The molecule has 0 aromatic heterocycles. The molecule has 0 aromatic carbocycles. The number of hydrogen-bond acceptors (Lipinski definition) is 3. The Bertz CT molecular complexity index is 286. The smallest absolute Gasteiger partial charge is 0.410 e. The van der Waals surface area contributed by atoms with E-state index in [0.717, 1.165) is 19.6 Å². The summed E-state index contributed by atoms with van der Waals surface area (Å²) in [5, 5.41) is 3.54. The quantitative estimate of drug-likeness (QED) is 0.704.